The number of halogens is 2. The standard InChI is InChI=1S/C37H28Cl2N2O6/c38-32-22-26(16-18-30(32)36(44)46-28-12-6-2-7-13-28)40-34(42)20-25(24-10-4-1-5-11-24)21-35(43)41-27-17-19-31(33(39)23-27)37(45)47-29-14-8-3-9-15-29/h1-19,22-23,25H,20-21H2,(H,40,42)(H,41,43). The molecule has 5 aromatic carbocycles. The summed E-state index contributed by atoms with van der Waals surface area (Å²) in [4.78, 5) is 51.4. The van der Waals surface area contributed by atoms with Gasteiger partial charge in [-0.05, 0) is 66.2 Å². The van der Waals surface area contributed by atoms with Gasteiger partial charge in [-0.25, -0.2) is 9.59 Å². The molecular formula is C37H28Cl2N2O6. The quantitative estimate of drug-likeness (QED) is 0.108. The van der Waals surface area contributed by atoms with Crippen LogP contribution in [0, 0.1) is 0 Å². The molecule has 0 fully saturated rings. The molecule has 2 amide bonds. The summed E-state index contributed by atoms with van der Waals surface area (Å²) in [6.07, 6.45) is -0.0320. The SMILES string of the molecule is O=C(CC(CC(=O)Nc1ccc(C(=O)Oc2ccccc2)c(Cl)c1)c1ccccc1)Nc1ccc(C(=O)Oc2ccccc2)c(Cl)c1. The van der Waals surface area contributed by atoms with Crippen molar-refractivity contribution in [2.24, 2.45) is 0 Å². The summed E-state index contributed by atoms with van der Waals surface area (Å²) in [7, 11) is 0. The maximum atomic E-state index is 13.1. The smallest absolute Gasteiger partial charge is 0.345 e. The Kier molecular flexibility index (Phi) is 11.0. The second-order valence-electron chi connectivity index (χ2n) is 10.4. The predicted molar refractivity (Wildman–Crippen MR) is 181 cm³/mol. The number of carbonyl (C=O) groups excluding carboxylic acids is 4. The number of rotatable bonds is 11. The van der Waals surface area contributed by atoms with Crippen LogP contribution in [-0.2, 0) is 9.59 Å². The lowest BCUT2D eigenvalue weighted by molar-refractivity contribution is -0.118. The highest BCUT2D eigenvalue weighted by Crippen LogP contribution is 2.28. The van der Waals surface area contributed by atoms with E-state index >= 15 is 0 Å². The molecule has 0 spiro atoms. The zero-order valence-corrected chi connectivity index (χ0v) is 26.3. The molecule has 0 aliphatic heterocycles. The Balaban J connectivity index is 1.21. The van der Waals surface area contributed by atoms with Gasteiger partial charge < -0.3 is 20.1 Å². The molecule has 0 saturated carbocycles. The van der Waals surface area contributed by atoms with Gasteiger partial charge in [0.2, 0.25) is 11.8 Å². The van der Waals surface area contributed by atoms with Gasteiger partial charge in [0.05, 0.1) is 21.2 Å². The molecule has 47 heavy (non-hydrogen) atoms. The maximum absolute atomic E-state index is 13.1. The number of esters is 2. The summed E-state index contributed by atoms with van der Waals surface area (Å²) >= 11 is 12.7. The highest BCUT2D eigenvalue weighted by atomic mass is 35.5. The third-order valence-electron chi connectivity index (χ3n) is 6.99. The van der Waals surface area contributed by atoms with Crippen molar-refractivity contribution in [3.8, 4) is 11.5 Å². The molecule has 5 aromatic rings. The van der Waals surface area contributed by atoms with Crippen molar-refractivity contribution < 1.29 is 28.7 Å². The number of anilines is 2. The summed E-state index contributed by atoms with van der Waals surface area (Å²) in [5.41, 5.74) is 1.86. The van der Waals surface area contributed by atoms with E-state index in [2.05, 4.69) is 10.6 Å². The van der Waals surface area contributed by atoms with Gasteiger partial charge in [0.25, 0.3) is 0 Å². The molecule has 0 saturated heterocycles. The minimum Gasteiger partial charge on any atom is -0.423 e. The fourth-order valence-electron chi connectivity index (χ4n) is 4.72. The van der Waals surface area contributed by atoms with Crippen molar-refractivity contribution in [3.05, 3.63) is 154 Å². The van der Waals surface area contributed by atoms with Gasteiger partial charge in [0.1, 0.15) is 11.5 Å². The van der Waals surface area contributed by atoms with Crippen LogP contribution in [0.5, 0.6) is 11.5 Å². The van der Waals surface area contributed by atoms with E-state index in [0.717, 1.165) is 5.56 Å². The van der Waals surface area contributed by atoms with Crippen LogP contribution in [0.2, 0.25) is 10.0 Å². The van der Waals surface area contributed by atoms with Gasteiger partial charge in [-0.1, -0.05) is 89.9 Å². The first-order chi connectivity index (χ1) is 22.7. The Bertz CT molecular complexity index is 1770. The first kappa shape index (κ1) is 32.9. The van der Waals surface area contributed by atoms with Gasteiger partial charge in [-0.15, -0.1) is 0 Å². The Hall–Kier alpha value is -5.44. The summed E-state index contributed by atoms with van der Waals surface area (Å²) in [6.45, 7) is 0. The van der Waals surface area contributed by atoms with Crippen LogP contribution in [-0.4, -0.2) is 23.8 Å². The number of hydrogen-bond donors (Lipinski definition) is 2. The second kappa shape index (κ2) is 15.7. The summed E-state index contributed by atoms with van der Waals surface area (Å²) in [5, 5.41) is 5.81. The average molecular weight is 668 g/mol. The van der Waals surface area contributed by atoms with Crippen LogP contribution in [0.3, 0.4) is 0 Å². The topological polar surface area (TPSA) is 111 Å². The largest absolute Gasteiger partial charge is 0.423 e. The van der Waals surface area contributed by atoms with E-state index in [4.69, 9.17) is 32.7 Å². The number of carbonyl (C=O) groups is 4. The normalized spacial score (nSPS) is 10.6. The highest BCUT2D eigenvalue weighted by Gasteiger charge is 2.22. The lowest BCUT2D eigenvalue weighted by Gasteiger charge is -2.18. The maximum Gasteiger partial charge on any atom is 0.345 e. The fraction of sp³-hybridized carbons (Fsp3) is 0.0811. The van der Waals surface area contributed by atoms with Crippen molar-refractivity contribution in [1.29, 1.82) is 0 Å². The minimum atomic E-state index is -0.628. The minimum absolute atomic E-state index is 0.0160. The molecule has 0 bridgehead atoms. The molecular weight excluding hydrogens is 639 g/mol. The Morgan fingerprint density at radius 2 is 0.915 bits per heavy atom. The van der Waals surface area contributed by atoms with E-state index in [1.54, 1.807) is 72.8 Å². The van der Waals surface area contributed by atoms with Gasteiger partial charge in [0, 0.05) is 30.1 Å². The first-order valence-electron chi connectivity index (χ1n) is 14.5. The van der Waals surface area contributed by atoms with Crippen LogP contribution in [0.4, 0.5) is 11.4 Å². The molecule has 0 unspecified atom stereocenters. The molecule has 10 heteroatoms. The van der Waals surface area contributed by atoms with E-state index in [1.165, 1.54) is 24.3 Å². The number of nitrogens with one attached hydrogen (secondary N) is 2. The van der Waals surface area contributed by atoms with Crippen molar-refractivity contribution in [2.75, 3.05) is 10.6 Å². The molecule has 0 aliphatic carbocycles. The Morgan fingerprint density at radius 3 is 1.30 bits per heavy atom. The zero-order chi connectivity index (χ0) is 33.2. The van der Waals surface area contributed by atoms with Crippen LogP contribution >= 0.6 is 23.2 Å². The van der Waals surface area contributed by atoms with Crippen molar-refractivity contribution in [1.82, 2.24) is 0 Å². The average Bonchev–Trinajstić information content (AvgIpc) is 3.05. The van der Waals surface area contributed by atoms with E-state index < -0.39 is 17.9 Å². The van der Waals surface area contributed by atoms with E-state index in [9.17, 15) is 19.2 Å². The third kappa shape index (κ3) is 9.29. The number of benzene rings is 5. The Morgan fingerprint density at radius 1 is 0.532 bits per heavy atom. The van der Waals surface area contributed by atoms with E-state index in [-0.39, 0.29) is 45.8 Å². The highest BCUT2D eigenvalue weighted by molar-refractivity contribution is 6.34. The van der Waals surface area contributed by atoms with Crippen LogP contribution in [0.1, 0.15) is 45.0 Å². The number of hydrogen-bond acceptors (Lipinski definition) is 6. The molecule has 0 aliphatic rings. The van der Waals surface area contributed by atoms with E-state index in [1.807, 2.05) is 30.3 Å². The van der Waals surface area contributed by atoms with E-state index in [0.29, 0.717) is 22.9 Å². The van der Waals surface area contributed by atoms with Gasteiger partial charge in [-0.3, -0.25) is 9.59 Å². The van der Waals surface area contributed by atoms with Gasteiger partial charge >= 0.3 is 11.9 Å². The summed E-state index contributed by atoms with van der Waals surface area (Å²) < 4.78 is 10.7. The lowest BCUT2D eigenvalue weighted by Crippen LogP contribution is -2.21. The molecule has 0 atom stereocenters. The number of amides is 2. The molecule has 2 N–H and O–H groups in total. The summed E-state index contributed by atoms with van der Waals surface area (Å²) in [6, 6.07) is 35.4. The monoisotopic (exact) mass is 666 g/mol. The molecule has 0 radical (unpaired) electrons. The van der Waals surface area contributed by atoms with Gasteiger partial charge in [0.15, 0.2) is 0 Å². The third-order valence-corrected chi connectivity index (χ3v) is 7.61. The molecule has 8 nitrogen and oxygen atoms in total. The van der Waals surface area contributed by atoms with Gasteiger partial charge in [-0.2, -0.15) is 0 Å². The predicted octanol–water partition coefficient (Wildman–Crippen LogP) is 8.57. The second-order valence-corrected chi connectivity index (χ2v) is 11.2. The lowest BCUT2D eigenvalue weighted by atomic mass is 9.91. The first-order valence-corrected chi connectivity index (χ1v) is 15.3. The molecule has 0 heterocycles. The fourth-order valence-corrected chi connectivity index (χ4v) is 5.24. The number of para-hydroxylation sites is 2. The van der Waals surface area contributed by atoms with Crippen molar-refractivity contribution >= 4 is 58.3 Å². The number of ether oxygens (including phenoxy) is 2. The van der Waals surface area contributed by atoms with Crippen LogP contribution in [0.25, 0.3) is 0 Å². The van der Waals surface area contributed by atoms with Crippen molar-refractivity contribution in [3.63, 3.8) is 0 Å². The molecule has 236 valence electrons. The van der Waals surface area contributed by atoms with Crippen LogP contribution < -0.4 is 20.1 Å². The molecule has 0 aromatic heterocycles. The molecule has 5 rings (SSSR count). The Labute approximate surface area is 281 Å². The summed E-state index contributed by atoms with van der Waals surface area (Å²) in [5.74, 6) is -1.67. The zero-order valence-electron chi connectivity index (χ0n) is 24.8. The van der Waals surface area contributed by atoms with Crippen molar-refractivity contribution in [2.45, 2.75) is 18.8 Å². The van der Waals surface area contributed by atoms with Crippen LogP contribution in [0.15, 0.2) is 127 Å².